The predicted octanol–water partition coefficient (Wildman–Crippen LogP) is 4.50. The number of alkyl halides is 2. The van der Waals surface area contributed by atoms with E-state index in [9.17, 15) is 8.78 Å². The summed E-state index contributed by atoms with van der Waals surface area (Å²) in [6.07, 6.45) is -1.19. The zero-order valence-corrected chi connectivity index (χ0v) is 13.2. The van der Waals surface area contributed by atoms with Crippen molar-refractivity contribution in [2.75, 3.05) is 6.61 Å². The molecule has 7 heteroatoms. The van der Waals surface area contributed by atoms with E-state index in [4.69, 9.17) is 4.74 Å². The fourth-order valence-electron chi connectivity index (χ4n) is 2.17. The van der Waals surface area contributed by atoms with Crippen molar-refractivity contribution in [1.82, 2.24) is 14.6 Å². The molecule has 114 valence electrons. The number of ether oxygens (including phenoxy) is 1. The highest BCUT2D eigenvalue weighted by molar-refractivity contribution is 9.10. The van der Waals surface area contributed by atoms with Crippen LogP contribution in [0.5, 0.6) is 5.75 Å². The summed E-state index contributed by atoms with van der Waals surface area (Å²) >= 11 is 3.28. The first-order chi connectivity index (χ1) is 10.6. The summed E-state index contributed by atoms with van der Waals surface area (Å²) in [4.78, 5) is 4.41. The summed E-state index contributed by atoms with van der Waals surface area (Å²) in [6.45, 7) is 2.42. The molecule has 0 fully saturated rings. The Morgan fingerprint density at radius 2 is 2.14 bits per heavy atom. The van der Waals surface area contributed by atoms with Gasteiger partial charge in [-0.25, -0.2) is 18.3 Å². The third-order valence-corrected chi connectivity index (χ3v) is 3.68. The molecule has 0 aliphatic carbocycles. The van der Waals surface area contributed by atoms with Crippen LogP contribution in [0.4, 0.5) is 8.78 Å². The quantitative estimate of drug-likeness (QED) is 0.681. The van der Waals surface area contributed by atoms with E-state index in [-0.39, 0.29) is 5.69 Å². The van der Waals surface area contributed by atoms with E-state index in [0.717, 1.165) is 4.52 Å². The van der Waals surface area contributed by atoms with E-state index < -0.39 is 6.43 Å². The Morgan fingerprint density at radius 1 is 1.32 bits per heavy atom. The van der Waals surface area contributed by atoms with Gasteiger partial charge in [-0.15, -0.1) is 0 Å². The van der Waals surface area contributed by atoms with Crippen LogP contribution in [0.25, 0.3) is 16.9 Å². The molecule has 1 aromatic carbocycles. The standard InChI is InChI=1S/C15H12BrF2N3O/c1-2-22-10-5-3-4-9(6-10)12-7-13(14(17)18)21-15(20-12)11(16)8-19-21/h3-8,14H,2H2,1H3. The second kappa shape index (κ2) is 6.00. The molecule has 0 aliphatic rings. The lowest BCUT2D eigenvalue weighted by molar-refractivity contribution is 0.143. The molecule has 0 saturated carbocycles. The zero-order valence-electron chi connectivity index (χ0n) is 11.6. The number of fused-ring (bicyclic) bond motifs is 1. The van der Waals surface area contributed by atoms with Crippen LogP contribution < -0.4 is 4.74 Å². The summed E-state index contributed by atoms with van der Waals surface area (Å²) in [7, 11) is 0. The van der Waals surface area contributed by atoms with Gasteiger partial charge in [-0.3, -0.25) is 0 Å². The van der Waals surface area contributed by atoms with E-state index in [2.05, 4.69) is 26.0 Å². The monoisotopic (exact) mass is 367 g/mol. The minimum absolute atomic E-state index is 0.201. The molecule has 0 saturated heterocycles. The highest BCUT2D eigenvalue weighted by Gasteiger charge is 2.18. The van der Waals surface area contributed by atoms with Crippen LogP contribution in [-0.4, -0.2) is 21.2 Å². The molecule has 0 radical (unpaired) electrons. The van der Waals surface area contributed by atoms with Crippen LogP contribution in [0.2, 0.25) is 0 Å². The van der Waals surface area contributed by atoms with E-state index in [1.54, 1.807) is 18.2 Å². The number of aromatic nitrogens is 3. The Balaban J connectivity index is 2.18. The van der Waals surface area contributed by atoms with E-state index >= 15 is 0 Å². The van der Waals surface area contributed by atoms with Crippen LogP contribution in [0.15, 0.2) is 41.0 Å². The molecule has 2 aromatic heterocycles. The van der Waals surface area contributed by atoms with Gasteiger partial charge < -0.3 is 4.74 Å². The van der Waals surface area contributed by atoms with Crippen molar-refractivity contribution < 1.29 is 13.5 Å². The SMILES string of the molecule is CCOc1cccc(-c2cc(C(F)F)n3ncc(Br)c3n2)c1. The molecule has 0 unspecified atom stereocenters. The van der Waals surface area contributed by atoms with Gasteiger partial charge in [0.05, 0.1) is 23.0 Å². The Morgan fingerprint density at radius 3 is 2.86 bits per heavy atom. The van der Waals surface area contributed by atoms with Crippen molar-refractivity contribution in [3.05, 3.63) is 46.7 Å². The highest BCUT2D eigenvalue weighted by atomic mass is 79.9. The van der Waals surface area contributed by atoms with Crippen molar-refractivity contribution in [3.8, 4) is 17.0 Å². The number of benzene rings is 1. The third kappa shape index (κ3) is 2.68. The molecule has 0 aliphatic heterocycles. The topological polar surface area (TPSA) is 39.4 Å². The fourth-order valence-corrected chi connectivity index (χ4v) is 2.52. The summed E-state index contributed by atoms with van der Waals surface area (Å²) in [6, 6.07) is 8.55. The first kappa shape index (κ1) is 14.9. The molecule has 0 amide bonds. The minimum Gasteiger partial charge on any atom is -0.494 e. The maximum absolute atomic E-state index is 13.3. The molecule has 0 atom stereocenters. The molecule has 3 rings (SSSR count). The molecule has 0 N–H and O–H groups in total. The Labute approximate surface area is 133 Å². The van der Waals surface area contributed by atoms with Crippen molar-refractivity contribution in [2.24, 2.45) is 0 Å². The van der Waals surface area contributed by atoms with Gasteiger partial charge in [0, 0.05) is 5.56 Å². The van der Waals surface area contributed by atoms with E-state index in [1.165, 1.54) is 12.3 Å². The molecule has 2 heterocycles. The first-order valence-electron chi connectivity index (χ1n) is 6.65. The van der Waals surface area contributed by atoms with Gasteiger partial charge in [-0.2, -0.15) is 5.10 Å². The molecule has 0 bridgehead atoms. The van der Waals surface area contributed by atoms with Crippen molar-refractivity contribution in [3.63, 3.8) is 0 Å². The maximum Gasteiger partial charge on any atom is 0.280 e. The van der Waals surface area contributed by atoms with Gasteiger partial charge in [-0.1, -0.05) is 12.1 Å². The van der Waals surface area contributed by atoms with E-state index in [1.807, 2.05) is 13.0 Å². The average molecular weight is 368 g/mol. The highest BCUT2D eigenvalue weighted by Crippen LogP contribution is 2.29. The van der Waals surface area contributed by atoms with Gasteiger partial charge in [0.15, 0.2) is 5.65 Å². The maximum atomic E-state index is 13.3. The van der Waals surface area contributed by atoms with Gasteiger partial charge in [-0.05, 0) is 41.1 Å². The zero-order chi connectivity index (χ0) is 15.7. The molecular weight excluding hydrogens is 356 g/mol. The number of hydrogen-bond donors (Lipinski definition) is 0. The lowest BCUT2D eigenvalue weighted by Gasteiger charge is -2.09. The average Bonchev–Trinajstić information content (AvgIpc) is 2.88. The summed E-state index contributed by atoms with van der Waals surface area (Å²) < 4.78 is 33.7. The first-order valence-corrected chi connectivity index (χ1v) is 7.45. The van der Waals surface area contributed by atoms with Crippen LogP contribution >= 0.6 is 15.9 Å². The van der Waals surface area contributed by atoms with Crippen LogP contribution in [0.1, 0.15) is 19.0 Å². The van der Waals surface area contributed by atoms with Gasteiger partial charge in [0.2, 0.25) is 0 Å². The Kier molecular flexibility index (Phi) is 4.06. The largest absolute Gasteiger partial charge is 0.494 e. The summed E-state index contributed by atoms with van der Waals surface area (Å²) in [5.74, 6) is 0.674. The van der Waals surface area contributed by atoms with Gasteiger partial charge >= 0.3 is 0 Å². The van der Waals surface area contributed by atoms with Crippen molar-refractivity contribution in [2.45, 2.75) is 13.3 Å². The lowest BCUT2D eigenvalue weighted by atomic mass is 10.1. The smallest absolute Gasteiger partial charge is 0.280 e. The van der Waals surface area contributed by atoms with Crippen LogP contribution in [0, 0.1) is 0 Å². The van der Waals surface area contributed by atoms with Gasteiger partial charge in [0.1, 0.15) is 11.4 Å². The van der Waals surface area contributed by atoms with Crippen molar-refractivity contribution >= 4 is 21.6 Å². The van der Waals surface area contributed by atoms with E-state index in [0.29, 0.717) is 33.7 Å². The van der Waals surface area contributed by atoms with Gasteiger partial charge in [0.25, 0.3) is 6.43 Å². The molecular formula is C15H12BrF2N3O. The van der Waals surface area contributed by atoms with Crippen LogP contribution in [-0.2, 0) is 0 Å². The number of nitrogens with zero attached hydrogens (tertiary/aromatic N) is 3. The number of halogens is 3. The Hall–Kier alpha value is -2.02. The number of hydrogen-bond acceptors (Lipinski definition) is 3. The molecule has 4 nitrogen and oxygen atoms in total. The predicted molar refractivity (Wildman–Crippen MR) is 82.2 cm³/mol. The second-order valence-corrected chi connectivity index (χ2v) is 5.41. The number of rotatable bonds is 4. The Bertz CT molecular complexity index is 820. The summed E-state index contributed by atoms with van der Waals surface area (Å²) in [5, 5.41) is 3.92. The second-order valence-electron chi connectivity index (χ2n) is 4.56. The summed E-state index contributed by atoms with van der Waals surface area (Å²) in [5.41, 5.74) is 1.32. The van der Waals surface area contributed by atoms with Crippen LogP contribution in [0.3, 0.4) is 0 Å². The third-order valence-electron chi connectivity index (χ3n) is 3.12. The minimum atomic E-state index is -2.65. The molecule has 3 aromatic rings. The lowest BCUT2D eigenvalue weighted by Crippen LogP contribution is -2.02. The molecule has 22 heavy (non-hydrogen) atoms. The fraction of sp³-hybridized carbons (Fsp3) is 0.200. The normalized spacial score (nSPS) is 11.3. The molecule has 0 spiro atoms. The van der Waals surface area contributed by atoms with Crippen molar-refractivity contribution in [1.29, 1.82) is 0 Å².